The molecule has 6 nitrogen and oxygen atoms in total. The summed E-state index contributed by atoms with van der Waals surface area (Å²) in [5.74, 6) is -1.94. The molecular formula is C20H19F4N3O3. The first-order valence-corrected chi connectivity index (χ1v) is 9.26. The summed E-state index contributed by atoms with van der Waals surface area (Å²) in [7, 11) is 0. The molecule has 1 unspecified atom stereocenters. The van der Waals surface area contributed by atoms with Crippen molar-refractivity contribution in [2.75, 3.05) is 18.4 Å². The molecule has 1 aromatic heterocycles. The highest BCUT2D eigenvalue weighted by molar-refractivity contribution is 5.93. The number of piperidine rings is 1. The fourth-order valence-electron chi connectivity index (χ4n) is 3.28. The Morgan fingerprint density at radius 1 is 1.20 bits per heavy atom. The highest BCUT2D eigenvalue weighted by Crippen LogP contribution is 2.29. The molecule has 0 aliphatic carbocycles. The van der Waals surface area contributed by atoms with Crippen LogP contribution in [0.5, 0.6) is 0 Å². The smallest absolute Gasteiger partial charge is 0.342 e. The van der Waals surface area contributed by atoms with Crippen LogP contribution in [0.2, 0.25) is 0 Å². The van der Waals surface area contributed by atoms with Crippen LogP contribution >= 0.6 is 0 Å². The van der Waals surface area contributed by atoms with Crippen LogP contribution in [0, 0.1) is 11.7 Å². The molecule has 160 valence electrons. The average Bonchev–Trinajstić information content (AvgIpc) is 2.70. The number of likely N-dealkylation sites (tertiary alicyclic amines) is 1. The normalized spacial score (nSPS) is 16.9. The molecule has 1 saturated heterocycles. The van der Waals surface area contributed by atoms with E-state index in [2.05, 4.69) is 5.32 Å². The summed E-state index contributed by atoms with van der Waals surface area (Å²) in [6.45, 7) is 0.524. The molecule has 0 saturated carbocycles. The minimum absolute atomic E-state index is 0.0436. The number of benzene rings is 1. The second kappa shape index (κ2) is 8.68. The van der Waals surface area contributed by atoms with E-state index in [0.717, 1.165) is 0 Å². The number of halogens is 4. The van der Waals surface area contributed by atoms with Crippen molar-refractivity contribution in [2.24, 2.45) is 5.92 Å². The maximum atomic E-state index is 13.0. The fourth-order valence-corrected chi connectivity index (χ4v) is 3.28. The lowest BCUT2D eigenvalue weighted by Crippen LogP contribution is -2.44. The Morgan fingerprint density at radius 3 is 2.57 bits per heavy atom. The Labute approximate surface area is 168 Å². The van der Waals surface area contributed by atoms with Crippen molar-refractivity contribution in [2.45, 2.75) is 25.4 Å². The van der Waals surface area contributed by atoms with E-state index in [1.165, 1.54) is 29.2 Å². The summed E-state index contributed by atoms with van der Waals surface area (Å²) in [5, 5.41) is 2.25. The van der Waals surface area contributed by atoms with Gasteiger partial charge in [0, 0.05) is 19.3 Å². The van der Waals surface area contributed by atoms with E-state index in [1.54, 1.807) is 0 Å². The molecule has 0 spiro atoms. The van der Waals surface area contributed by atoms with E-state index >= 15 is 0 Å². The molecule has 10 heteroatoms. The highest BCUT2D eigenvalue weighted by atomic mass is 19.4. The van der Waals surface area contributed by atoms with Crippen LogP contribution in [-0.4, -0.2) is 34.8 Å². The summed E-state index contributed by atoms with van der Waals surface area (Å²) in [5.41, 5.74) is -1.80. The van der Waals surface area contributed by atoms with Crippen LogP contribution in [0.25, 0.3) is 0 Å². The number of alkyl halides is 3. The highest BCUT2D eigenvalue weighted by Gasteiger charge is 2.32. The van der Waals surface area contributed by atoms with Gasteiger partial charge in [-0.05, 0) is 36.6 Å². The van der Waals surface area contributed by atoms with Crippen molar-refractivity contribution in [1.29, 1.82) is 0 Å². The molecule has 1 aliphatic heterocycles. The van der Waals surface area contributed by atoms with Gasteiger partial charge in [0.2, 0.25) is 11.8 Å². The van der Waals surface area contributed by atoms with Crippen LogP contribution in [0.3, 0.4) is 0 Å². The predicted molar refractivity (Wildman–Crippen MR) is 100 cm³/mol. The Kier molecular flexibility index (Phi) is 6.23. The van der Waals surface area contributed by atoms with Crippen molar-refractivity contribution in [3.8, 4) is 0 Å². The SMILES string of the molecule is O=C(Nc1cc(C(F)(F)F)c[nH]c1=O)C1CCCN(C(=O)Cc2ccc(F)cc2)C1. The van der Waals surface area contributed by atoms with Gasteiger partial charge in [-0.3, -0.25) is 14.4 Å². The van der Waals surface area contributed by atoms with Gasteiger partial charge in [0.05, 0.1) is 17.9 Å². The van der Waals surface area contributed by atoms with Gasteiger partial charge in [-0.2, -0.15) is 13.2 Å². The molecule has 1 aromatic carbocycles. The number of carbonyl (C=O) groups excluding carboxylic acids is 2. The number of aromatic amines is 1. The molecule has 3 rings (SSSR count). The first-order chi connectivity index (χ1) is 14.1. The summed E-state index contributed by atoms with van der Waals surface area (Å²) in [6, 6.07) is 6.09. The fraction of sp³-hybridized carbons (Fsp3) is 0.350. The predicted octanol–water partition coefficient (Wildman–Crippen LogP) is 2.95. The number of hydrogen-bond acceptors (Lipinski definition) is 3. The molecule has 1 aliphatic rings. The monoisotopic (exact) mass is 425 g/mol. The van der Waals surface area contributed by atoms with Crippen LogP contribution in [-0.2, 0) is 22.2 Å². The lowest BCUT2D eigenvalue weighted by Gasteiger charge is -2.32. The number of H-pyrrole nitrogens is 1. The van der Waals surface area contributed by atoms with Gasteiger partial charge < -0.3 is 15.2 Å². The number of carbonyl (C=O) groups is 2. The lowest BCUT2D eigenvalue weighted by molar-refractivity contribution is -0.138. The first-order valence-electron chi connectivity index (χ1n) is 9.26. The molecule has 2 heterocycles. The quantitative estimate of drug-likeness (QED) is 0.739. The molecule has 0 bridgehead atoms. The molecule has 1 atom stereocenters. The van der Waals surface area contributed by atoms with Gasteiger partial charge in [-0.1, -0.05) is 12.1 Å². The van der Waals surface area contributed by atoms with Gasteiger partial charge in [-0.25, -0.2) is 4.39 Å². The van der Waals surface area contributed by atoms with E-state index in [1.807, 2.05) is 4.98 Å². The first kappa shape index (κ1) is 21.5. The van der Waals surface area contributed by atoms with Crippen molar-refractivity contribution in [3.63, 3.8) is 0 Å². The number of hydrogen-bond donors (Lipinski definition) is 2. The second-order valence-corrected chi connectivity index (χ2v) is 7.10. The van der Waals surface area contributed by atoms with E-state index in [9.17, 15) is 31.9 Å². The summed E-state index contributed by atoms with van der Waals surface area (Å²) < 4.78 is 51.5. The van der Waals surface area contributed by atoms with Gasteiger partial charge in [0.15, 0.2) is 0 Å². The number of amides is 2. The second-order valence-electron chi connectivity index (χ2n) is 7.10. The Hall–Kier alpha value is -3.17. The number of pyridine rings is 1. The van der Waals surface area contributed by atoms with Gasteiger partial charge >= 0.3 is 6.18 Å². The maximum Gasteiger partial charge on any atom is 0.417 e. The number of aromatic nitrogens is 1. The topological polar surface area (TPSA) is 82.3 Å². The lowest BCUT2D eigenvalue weighted by atomic mass is 9.96. The van der Waals surface area contributed by atoms with Gasteiger partial charge in [0.1, 0.15) is 11.5 Å². The summed E-state index contributed by atoms with van der Waals surface area (Å²) in [6.07, 6.45) is -3.12. The molecule has 2 aromatic rings. The summed E-state index contributed by atoms with van der Waals surface area (Å²) >= 11 is 0. The molecule has 30 heavy (non-hydrogen) atoms. The standard InChI is InChI=1S/C20H19F4N3O3/c21-15-5-3-12(4-6-15)8-17(28)27-7-1-2-13(11-27)18(29)26-16-9-14(20(22,23)24)10-25-19(16)30/h3-6,9-10,13H,1-2,7-8,11H2,(H,25,30)(H,26,29). The maximum absolute atomic E-state index is 13.0. The Bertz CT molecular complexity index is 986. The third kappa shape index (κ3) is 5.25. The molecule has 1 fully saturated rings. The van der Waals surface area contributed by atoms with E-state index < -0.39 is 40.6 Å². The molecule has 2 N–H and O–H groups in total. The number of rotatable bonds is 4. The van der Waals surface area contributed by atoms with Crippen molar-refractivity contribution >= 4 is 17.5 Å². The molecular weight excluding hydrogens is 406 g/mol. The zero-order chi connectivity index (χ0) is 21.9. The third-order valence-corrected chi connectivity index (χ3v) is 4.90. The minimum Gasteiger partial charge on any atom is -0.342 e. The van der Waals surface area contributed by atoms with E-state index in [4.69, 9.17) is 0 Å². The van der Waals surface area contributed by atoms with Crippen LogP contribution in [0.1, 0.15) is 24.0 Å². The molecule has 0 radical (unpaired) electrons. The number of anilines is 1. The zero-order valence-electron chi connectivity index (χ0n) is 15.8. The number of nitrogens with one attached hydrogen (secondary N) is 2. The Balaban J connectivity index is 1.65. The van der Waals surface area contributed by atoms with Crippen LogP contribution in [0.4, 0.5) is 23.2 Å². The average molecular weight is 425 g/mol. The summed E-state index contributed by atoms with van der Waals surface area (Å²) in [4.78, 5) is 40.3. The van der Waals surface area contributed by atoms with Crippen molar-refractivity contribution < 1.29 is 27.2 Å². The largest absolute Gasteiger partial charge is 0.417 e. The zero-order valence-corrected chi connectivity index (χ0v) is 15.8. The van der Waals surface area contributed by atoms with Gasteiger partial charge in [0.25, 0.3) is 5.56 Å². The number of nitrogens with zero attached hydrogens (tertiary/aromatic N) is 1. The van der Waals surface area contributed by atoms with E-state index in [-0.39, 0.29) is 18.9 Å². The third-order valence-electron chi connectivity index (χ3n) is 4.90. The van der Waals surface area contributed by atoms with Gasteiger partial charge in [-0.15, -0.1) is 0 Å². The van der Waals surface area contributed by atoms with Crippen LogP contribution in [0.15, 0.2) is 41.3 Å². The molecule has 2 amide bonds. The van der Waals surface area contributed by atoms with Crippen molar-refractivity contribution in [1.82, 2.24) is 9.88 Å². The van der Waals surface area contributed by atoms with Crippen molar-refractivity contribution in [3.05, 3.63) is 63.8 Å². The minimum atomic E-state index is -4.67. The Morgan fingerprint density at radius 2 is 1.90 bits per heavy atom. The van der Waals surface area contributed by atoms with E-state index in [0.29, 0.717) is 37.2 Å². The van der Waals surface area contributed by atoms with Crippen LogP contribution < -0.4 is 10.9 Å².